The van der Waals surface area contributed by atoms with Crippen LogP contribution in [-0.4, -0.2) is 83.1 Å². The molecule has 0 spiro atoms. The number of hydrogen-bond donors (Lipinski definition) is 2. The SMILES string of the molecule is CN1CCN(c2nc(C(=O)Nc3cc4c(cnn4C)cc3N3CCC(O)C3)co2)CC1.Cl. The van der Waals surface area contributed by atoms with Crippen LogP contribution in [0.25, 0.3) is 10.9 Å². The summed E-state index contributed by atoms with van der Waals surface area (Å²) in [5, 5.41) is 18.3. The molecule has 2 N–H and O–H groups in total. The number of amides is 1. The first-order valence-electron chi connectivity index (χ1n) is 10.6. The number of aryl methyl sites for hydroxylation is 1. The summed E-state index contributed by atoms with van der Waals surface area (Å²) in [7, 11) is 3.95. The molecule has 10 nitrogen and oxygen atoms in total. The number of carbonyl (C=O) groups excluding carboxylic acids is 1. The van der Waals surface area contributed by atoms with E-state index in [1.165, 1.54) is 6.26 Å². The van der Waals surface area contributed by atoms with Crippen LogP contribution in [0.15, 0.2) is 29.0 Å². The molecule has 3 aromatic rings. The Morgan fingerprint density at radius 1 is 1.16 bits per heavy atom. The van der Waals surface area contributed by atoms with Crippen LogP contribution < -0.4 is 15.1 Å². The second-order valence-electron chi connectivity index (χ2n) is 8.34. The molecule has 1 unspecified atom stereocenters. The molecular formula is C21H28ClN7O3. The summed E-state index contributed by atoms with van der Waals surface area (Å²) in [6, 6.07) is 4.40. The molecule has 4 heterocycles. The van der Waals surface area contributed by atoms with Gasteiger partial charge in [0.15, 0.2) is 5.69 Å². The van der Waals surface area contributed by atoms with Crippen LogP contribution in [0, 0.1) is 0 Å². The van der Waals surface area contributed by atoms with Gasteiger partial charge in [-0.25, -0.2) is 0 Å². The van der Waals surface area contributed by atoms with Gasteiger partial charge in [0.2, 0.25) is 0 Å². The van der Waals surface area contributed by atoms with Crippen molar-refractivity contribution >= 4 is 46.6 Å². The second kappa shape index (κ2) is 8.97. The van der Waals surface area contributed by atoms with Gasteiger partial charge >= 0.3 is 0 Å². The van der Waals surface area contributed by atoms with Crippen molar-refractivity contribution in [2.24, 2.45) is 7.05 Å². The maximum Gasteiger partial charge on any atom is 0.298 e. The van der Waals surface area contributed by atoms with Gasteiger partial charge < -0.3 is 29.5 Å². The number of fused-ring (bicyclic) bond motifs is 1. The van der Waals surface area contributed by atoms with Crippen molar-refractivity contribution in [3.63, 3.8) is 0 Å². The maximum atomic E-state index is 13.0. The third-order valence-electron chi connectivity index (χ3n) is 6.11. The van der Waals surface area contributed by atoms with Crippen LogP contribution in [0.3, 0.4) is 0 Å². The highest BCUT2D eigenvalue weighted by Gasteiger charge is 2.25. The van der Waals surface area contributed by atoms with Crippen molar-refractivity contribution in [1.29, 1.82) is 0 Å². The van der Waals surface area contributed by atoms with E-state index in [2.05, 4.69) is 37.1 Å². The number of carbonyl (C=O) groups is 1. The third-order valence-corrected chi connectivity index (χ3v) is 6.11. The van der Waals surface area contributed by atoms with Crippen LogP contribution in [0.5, 0.6) is 0 Å². The number of oxazole rings is 1. The smallest absolute Gasteiger partial charge is 0.298 e. The Morgan fingerprint density at radius 2 is 1.94 bits per heavy atom. The van der Waals surface area contributed by atoms with Crippen LogP contribution >= 0.6 is 12.4 Å². The Hall–Kier alpha value is -2.82. The molecule has 2 saturated heterocycles. The highest BCUT2D eigenvalue weighted by atomic mass is 35.5. The lowest BCUT2D eigenvalue weighted by molar-refractivity contribution is 0.102. The highest BCUT2D eigenvalue weighted by molar-refractivity contribution is 6.06. The number of aliphatic hydroxyl groups excluding tert-OH is 1. The summed E-state index contributed by atoms with van der Waals surface area (Å²) >= 11 is 0. The lowest BCUT2D eigenvalue weighted by Gasteiger charge is -2.31. The molecule has 2 fully saturated rings. The molecule has 0 bridgehead atoms. The van der Waals surface area contributed by atoms with E-state index in [1.807, 2.05) is 19.2 Å². The van der Waals surface area contributed by atoms with Gasteiger partial charge in [0.25, 0.3) is 11.9 Å². The van der Waals surface area contributed by atoms with Crippen molar-refractivity contribution in [3.8, 4) is 0 Å². The normalized spacial score (nSPS) is 19.4. The highest BCUT2D eigenvalue weighted by Crippen LogP contribution is 2.34. The lowest BCUT2D eigenvalue weighted by Crippen LogP contribution is -2.44. The molecular weight excluding hydrogens is 434 g/mol. The van der Waals surface area contributed by atoms with Gasteiger partial charge in [0, 0.05) is 51.7 Å². The lowest BCUT2D eigenvalue weighted by atomic mass is 10.1. The van der Waals surface area contributed by atoms with Crippen molar-refractivity contribution in [3.05, 3.63) is 30.3 Å². The largest absolute Gasteiger partial charge is 0.431 e. The first-order valence-corrected chi connectivity index (χ1v) is 10.6. The number of benzene rings is 1. The van der Waals surface area contributed by atoms with Gasteiger partial charge in [0.05, 0.1) is 29.2 Å². The fourth-order valence-electron chi connectivity index (χ4n) is 4.21. The zero-order valence-corrected chi connectivity index (χ0v) is 19.0. The minimum absolute atomic E-state index is 0. The summed E-state index contributed by atoms with van der Waals surface area (Å²) in [5.41, 5.74) is 2.69. The summed E-state index contributed by atoms with van der Waals surface area (Å²) in [6.45, 7) is 4.76. The molecule has 5 rings (SSSR count). The fourth-order valence-corrected chi connectivity index (χ4v) is 4.21. The molecule has 2 aliphatic rings. The predicted octanol–water partition coefficient (Wildman–Crippen LogP) is 1.56. The van der Waals surface area contributed by atoms with Gasteiger partial charge in [-0.2, -0.15) is 10.1 Å². The Morgan fingerprint density at radius 3 is 2.66 bits per heavy atom. The average molecular weight is 462 g/mol. The Bertz CT molecular complexity index is 1110. The van der Waals surface area contributed by atoms with Gasteiger partial charge in [0.1, 0.15) is 6.26 Å². The van der Waals surface area contributed by atoms with Crippen molar-refractivity contribution in [2.45, 2.75) is 12.5 Å². The van der Waals surface area contributed by atoms with Gasteiger partial charge in [-0.1, -0.05) is 0 Å². The summed E-state index contributed by atoms with van der Waals surface area (Å²) in [4.78, 5) is 23.8. The van der Waals surface area contributed by atoms with E-state index in [-0.39, 0.29) is 30.1 Å². The number of nitrogens with one attached hydrogen (secondary N) is 1. The van der Waals surface area contributed by atoms with Crippen LogP contribution in [0.2, 0.25) is 0 Å². The minimum Gasteiger partial charge on any atom is -0.431 e. The number of likely N-dealkylation sites (N-methyl/N-ethyl adjacent to an activating group) is 1. The summed E-state index contributed by atoms with van der Waals surface area (Å²) in [6.07, 6.45) is 3.55. The number of aliphatic hydroxyl groups is 1. The van der Waals surface area contributed by atoms with Gasteiger partial charge in [-0.3, -0.25) is 9.48 Å². The van der Waals surface area contributed by atoms with Crippen LogP contribution in [0.1, 0.15) is 16.9 Å². The number of anilines is 3. The van der Waals surface area contributed by atoms with E-state index >= 15 is 0 Å². The summed E-state index contributed by atoms with van der Waals surface area (Å²) in [5.74, 6) is -0.327. The molecule has 11 heteroatoms. The molecule has 2 aromatic heterocycles. The van der Waals surface area contributed by atoms with E-state index in [0.717, 1.165) is 49.3 Å². The minimum atomic E-state index is -0.366. The van der Waals surface area contributed by atoms with Gasteiger partial charge in [-0.05, 0) is 25.6 Å². The quantitative estimate of drug-likeness (QED) is 0.603. The Balaban J connectivity index is 0.00000245. The van der Waals surface area contributed by atoms with E-state index in [0.29, 0.717) is 24.7 Å². The Labute approximate surface area is 192 Å². The first kappa shape index (κ1) is 22.4. The van der Waals surface area contributed by atoms with E-state index in [1.54, 1.807) is 10.9 Å². The molecule has 1 amide bonds. The summed E-state index contributed by atoms with van der Waals surface area (Å²) < 4.78 is 7.37. The number of halogens is 1. The molecule has 0 aliphatic carbocycles. The van der Waals surface area contributed by atoms with Crippen LogP contribution in [0.4, 0.5) is 17.4 Å². The van der Waals surface area contributed by atoms with Crippen molar-refractivity contribution in [2.75, 3.05) is 61.4 Å². The third kappa shape index (κ3) is 4.25. The van der Waals surface area contributed by atoms with E-state index in [9.17, 15) is 9.90 Å². The van der Waals surface area contributed by atoms with E-state index < -0.39 is 0 Å². The fraction of sp³-hybridized carbons (Fsp3) is 0.476. The molecule has 1 aromatic carbocycles. The zero-order valence-electron chi connectivity index (χ0n) is 18.2. The second-order valence-corrected chi connectivity index (χ2v) is 8.34. The number of rotatable bonds is 4. The number of piperazine rings is 1. The zero-order chi connectivity index (χ0) is 21.5. The molecule has 172 valence electrons. The maximum absolute atomic E-state index is 13.0. The molecule has 0 radical (unpaired) electrons. The van der Waals surface area contributed by atoms with Crippen molar-refractivity contribution < 1.29 is 14.3 Å². The van der Waals surface area contributed by atoms with Crippen LogP contribution in [-0.2, 0) is 7.05 Å². The predicted molar refractivity (Wildman–Crippen MR) is 125 cm³/mol. The topological polar surface area (TPSA) is 103 Å². The standard InChI is InChI=1S/C21H27N7O3.ClH/c1-25-5-7-27(8-6-25)21-24-17(13-31-21)20(30)23-16-10-18-14(11-22-26(18)2)9-19(16)28-4-3-15(29)12-28;/h9-11,13,15,29H,3-8,12H2,1-2H3,(H,23,30);1H. The van der Waals surface area contributed by atoms with E-state index in [4.69, 9.17) is 4.42 Å². The number of hydrogen-bond acceptors (Lipinski definition) is 8. The molecule has 2 aliphatic heterocycles. The van der Waals surface area contributed by atoms with Gasteiger partial charge in [-0.15, -0.1) is 12.4 Å². The molecule has 1 atom stereocenters. The number of nitrogens with zero attached hydrogens (tertiary/aromatic N) is 6. The van der Waals surface area contributed by atoms with Crippen molar-refractivity contribution in [1.82, 2.24) is 19.7 Å². The first-order chi connectivity index (χ1) is 15.0. The number of aromatic nitrogens is 3. The number of β-amino-alcohol motifs (C(OH)–C–C–N with tert-alkyl or cyclic N) is 1. The molecule has 0 saturated carbocycles. The average Bonchev–Trinajstić information content (AvgIpc) is 3.49. The molecule has 32 heavy (non-hydrogen) atoms. The Kier molecular flexibility index (Phi) is 6.27. The monoisotopic (exact) mass is 461 g/mol.